The third kappa shape index (κ3) is 4.43. The van der Waals surface area contributed by atoms with Gasteiger partial charge in [0.15, 0.2) is 11.6 Å². The Balaban J connectivity index is 1.32. The number of aromatic carboxylic acids is 1. The molecule has 5 rings (SSSR count). The van der Waals surface area contributed by atoms with Crippen molar-refractivity contribution in [3.8, 4) is 5.88 Å². The van der Waals surface area contributed by atoms with Gasteiger partial charge in [-0.15, -0.1) is 0 Å². The standard InChI is InChI=1S/C21H25N7O6/c1-21(2)33-11-13(34-21)10-32-15-5-6-22-19(24-15)26-20(31)28-12-4-3-7-27(9-12)14-8-23-16(18(29)30)25-17(14)28/h5-6,8,12-13H,3-4,7,9-11H2,1-2H3,(H,29,30)(H,22,24,26,31)/t12-,13?/m0/s1. The van der Waals surface area contributed by atoms with Crippen molar-refractivity contribution >= 4 is 29.5 Å². The van der Waals surface area contributed by atoms with E-state index in [0.29, 0.717) is 18.8 Å². The number of rotatable bonds is 5. The third-order valence-corrected chi connectivity index (χ3v) is 5.82. The summed E-state index contributed by atoms with van der Waals surface area (Å²) in [4.78, 5) is 44.7. The summed E-state index contributed by atoms with van der Waals surface area (Å²) < 4.78 is 16.9. The van der Waals surface area contributed by atoms with Crippen LogP contribution in [0.25, 0.3) is 0 Å². The van der Waals surface area contributed by atoms with Gasteiger partial charge in [0.2, 0.25) is 17.7 Å². The summed E-state index contributed by atoms with van der Waals surface area (Å²) >= 11 is 0. The van der Waals surface area contributed by atoms with Gasteiger partial charge in [0.25, 0.3) is 0 Å². The maximum atomic E-state index is 13.3. The van der Waals surface area contributed by atoms with E-state index >= 15 is 0 Å². The van der Waals surface area contributed by atoms with E-state index < -0.39 is 17.8 Å². The zero-order valence-corrected chi connectivity index (χ0v) is 18.8. The normalized spacial score (nSPS) is 22.8. The monoisotopic (exact) mass is 471 g/mol. The molecule has 2 N–H and O–H groups in total. The Morgan fingerprint density at radius 1 is 1.32 bits per heavy atom. The summed E-state index contributed by atoms with van der Waals surface area (Å²) in [5.41, 5.74) is 0.621. The van der Waals surface area contributed by atoms with E-state index in [9.17, 15) is 14.7 Å². The summed E-state index contributed by atoms with van der Waals surface area (Å²) in [6.07, 6.45) is 4.35. The van der Waals surface area contributed by atoms with E-state index in [0.717, 1.165) is 19.4 Å². The number of carboxylic acid groups (broad SMARTS) is 1. The van der Waals surface area contributed by atoms with E-state index in [1.54, 1.807) is 6.07 Å². The first-order valence-corrected chi connectivity index (χ1v) is 11.0. The molecule has 180 valence electrons. The number of hydrogen-bond acceptors (Lipinski definition) is 10. The first-order valence-electron chi connectivity index (χ1n) is 11.0. The molecule has 2 saturated heterocycles. The van der Waals surface area contributed by atoms with Gasteiger partial charge in [0, 0.05) is 25.4 Å². The zero-order chi connectivity index (χ0) is 23.9. The van der Waals surface area contributed by atoms with Crippen molar-refractivity contribution < 1.29 is 28.9 Å². The first kappa shape index (κ1) is 22.2. The number of piperidine rings is 1. The molecular formula is C21H25N7O6. The van der Waals surface area contributed by atoms with Crippen LogP contribution in [0.15, 0.2) is 18.5 Å². The molecule has 3 aliphatic rings. The molecule has 13 heteroatoms. The maximum Gasteiger partial charge on any atom is 0.374 e. The fraction of sp³-hybridized carbons (Fsp3) is 0.524. The van der Waals surface area contributed by atoms with Crippen LogP contribution in [-0.4, -0.2) is 81.3 Å². The van der Waals surface area contributed by atoms with E-state index in [1.165, 1.54) is 17.3 Å². The van der Waals surface area contributed by atoms with Gasteiger partial charge < -0.3 is 24.2 Å². The second-order valence-corrected chi connectivity index (χ2v) is 8.73. The quantitative estimate of drug-likeness (QED) is 0.653. The number of nitrogens with zero attached hydrogens (tertiary/aromatic N) is 6. The summed E-state index contributed by atoms with van der Waals surface area (Å²) in [6.45, 7) is 5.72. The van der Waals surface area contributed by atoms with Crippen LogP contribution in [0.4, 0.5) is 22.2 Å². The van der Waals surface area contributed by atoms with Gasteiger partial charge in [-0.1, -0.05) is 0 Å². The molecule has 0 spiro atoms. The van der Waals surface area contributed by atoms with Crippen LogP contribution in [0.1, 0.15) is 37.3 Å². The lowest BCUT2D eigenvalue weighted by atomic mass is 10.0. The minimum absolute atomic E-state index is 0.0544. The van der Waals surface area contributed by atoms with Gasteiger partial charge in [-0.2, -0.15) is 4.98 Å². The highest BCUT2D eigenvalue weighted by molar-refractivity contribution is 6.03. The van der Waals surface area contributed by atoms with Gasteiger partial charge in [-0.25, -0.2) is 24.5 Å². The molecule has 0 saturated carbocycles. The number of carbonyl (C=O) groups is 2. The van der Waals surface area contributed by atoms with Gasteiger partial charge in [-0.05, 0) is 26.7 Å². The van der Waals surface area contributed by atoms with Crippen LogP contribution >= 0.6 is 0 Å². The van der Waals surface area contributed by atoms with Crippen molar-refractivity contribution in [2.24, 2.45) is 0 Å². The van der Waals surface area contributed by atoms with E-state index in [-0.39, 0.29) is 42.2 Å². The van der Waals surface area contributed by atoms with Gasteiger partial charge in [-0.3, -0.25) is 10.2 Å². The molecule has 0 aromatic carbocycles. The Morgan fingerprint density at radius 2 is 2.18 bits per heavy atom. The number of anilines is 3. The van der Waals surface area contributed by atoms with E-state index in [4.69, 9.17) is 14.2 Å². The average molecular weight is 471 g/mol. The molecular weight excluding hydrogens is 446 g/mol. The fourth-order valence-electron chi connectivity index (χ4n) is 4.35. The van der Waals surface area contributed by atoms with E-state index in [2.05, 4.69) is 30.2 Å². The predicted molar refractivity (Wildman–Crippen MR) is 118 cm³/mol. The molecule has 1 unspecified atom stereocenters. The molecule has 2 aromatic rings. The lowest BCUT2D eigenvalue weighted by Gasteiger charge is -2.45. The van der Waals surface area contributed by atoms with Gasteiger partial charge in [0.05, 0.1) is 24.5 Å². The molecule has 2 atom stereocenters. The van der Waals surface area contributed by atoms with Crippen molar-refractivity contribution in [1.29, 1.82) is 0 Å². The second-order valence-electron chi connectivity index (χ2n) is 8.73. The molecule has 2 bridgehead atoms. The highest BCUT2D eigenvalue weighted by atomic mass is 16.7. The Bertz CT molecular complexity index is 1110. The van der Waals surface area contributed by atoms with Crippen LogP contribution in [-0.2, 0) is 9.47 Å². The molecule has 0 aliphatic carbocycles. The molecule has 2 aromatic heterocycles. The number of ether oxygens (including phenoxy) is 3. The van der Waals surface area contributed by atoms with Crippen molar-refractivity contribution in [2.75, 3.05) is 41.4 Å². The smallest absolute Gasteiger partial charge is 0.374 e. The average Bonchev–Trinajstić information content (AvgIpc) is 3.16. The minimum atomic E-state index is -1.26. The van der Waals surface area contributed by atoms with Crippen LogP contribution in [0.2, 0.25) is 0 Å². The highest BCUT2D eigenvalue weighted by Gasteiger charge is 2.39. The summed E-state index contributed by atoms with van der Waals surface area (Å²) in [6, 6.07) is 0.910. The van der Waals surface area contributed by atoms with E-state index in [1.807, 2.05) is 13.8 Å². The van der Waals surface area contributed by atoms with Crippen LogP contribution < -0.4 is 19.9 Å². The number of nitrogens with one attached hydrogen (secondary N) is 1. The molecule has 3 aliphatic heterocycles. The molecule has 13 nitrogen and oxygen atoms in total. The molecule has 2 fully saturated rings. The number of carbonyl (C=O) groups excluding carboxylic acids is 1. The number of fused-ring (bicyclic) bond motifs is 4. The second kappa shape index (κ2) is 8.65. The predicted octanol–water partition coefficient (Wildman–Crippen LogP) is 1.52. The van der Waals surface area contributed by atoms with Gasteiger partial charge in [0.1, 0.15) is 12.7 Å². The number of hydrogen-bond donors (Lipinski definition) is 2. The van der Waals surface area contributed by atoms with Crippen LogP contribution in [0, 0.1) is 0 Å². The number of amides is 2. The largest absolute Gasteiger partial charge is 0.475 e. The van der Waals surface area contributed by atoms with Crippen molar-refractivity contribution in [2.45, 2.75) is 44.6 Å². The highest BCUT2D eigenvalue weighted by Crippen LogP contribution is 2.37. The summed E-state index contributed by atoms with van der Waals surface area (Å²) in [5, 5.41) is 12.0. The number of urea groups is 1. The minimum Gasteiger partial charge on any atom is -0.475 e. The Hall–Kier alpha value is -3.58. The molecule has 0 radical (unpaired) electrons. The van der Waals surface area contributed by atoms with Crippen LogP contribution in [0.5, 0.6) is 5.88 Å². The lowest BCUT2D eigenvalue weighted by molar-refractivity contribution is -0.141. The molecule has 2 amide bonds. The summed E-state index contributed by atoms with van der Waals surface area (Å²) in [7, 11) is 0. The SMILES string of the molecule is CC1(C)OCC(COc2ccnc(NC(=O)N3c4nc(C(=O)O)ncc4N4CCC[C@H]3C4)n2)O1. The molecule has 34 heavy (non-hydrogen) atoms. The topological polar surface area (TPSA) is 152 Å². The van der Waals surface area contributed by atoms with Crippen molar-refractivity contribution in [3.05, 3.63) is 24.3 Å². The zero-order valence-electron chi connectivity index (χ0n) is 18.8. The van der Waals surface area contributed by atoms with Crippen molar-refractivity contribution in [3.63, 3.8) is 0 Å². The third-order valence-electron chi connectivity index (χ3n) is 5.82. The number of aromatic nitrogens is 4. The van der Waals surface area contributed by atoms with Crippen LogP contribution in [0.3, 0.4) is 0 Å². The first-order chi connectivity index (χ1) is 16.3. The Morgan fingerprint density at radius 3 is 2.94 bits per heavy atom. The van der Waals surface area contributed by atoms with Gasteiger partial charge >= 0.3 is 12.0 Å². The molecule has 5 heterocycles. The Labute approximate surface area is 195 Å². The number of carboxylic acids is 1. The maximum absolute atomic E-state index is 13.3. The van der Waals surface area contributed by atoms with Crippen molar-refractivity contribution in [1.82, 2.24) is 19.9 Å². The fourth-order valence-corrected chi connectivity index (χ4v) is 4.35. The Kier molecular flexibility index (Phi) is 5.65. The lowest BCUT2D eigenvalue weighted by Crippen LogP contribution is -2.56. The summed E-state index contributed by atoms with van der Waals surface area (Å²) in [5.74, 6) is -1.69.